The number of benzene rings is 1. The quantitative estimate of drug-likeness (QED) is 0.637. The van der Waals surface area contributed by atoms with E-state index in [9.17, 15) is 9.59 Å². The van der Waals surface area contributed by atoms with E-state index in [-0.39, 0.29) is 11.9 Å². The zero-order valence-electron chi connectivity index (χ0n) is 15.0. The molecule has 0 atom stereocenters. The summed E-state index contributed by atoms with van der Waals surface area (Å²) in [6.07, 6.45) is 5.06. The molecule has 1 saturated heterocycles. The second-order valence-corrected chi connectivity index (χ2v) is 6.98. The standard InChI is InChI=1S/C19H27ClN2O4/c20-16-5-7-17(8-6-16)26-14-4-2-1-3-11-21-19(25)22-12-9-15(10-13-22)18(23)24/h5-8,15H,1-4,9-14H2,(H,21,25)(H,23,24). The van der Waals surface area contributed by atoms with Crippen LogP contribution in [0.4, 0.5) is 4.79 Å². The minimum atomic E-state index is -0.759. The summed E-state index contributed by atoms with van der Waals surface area (Å²) in [5.41, 5.74) is 0. The van der Waals surface area contributed by atoms with Crippen molar-refractivity contribution in [1.29, 1.82) is 0 Å². The lowest BCUT2D eigenvalue weighted by molar-refractivity contribution is -0.143. The average Bonchev–Trinajstić information content (AvgIpc) is 2.65. The van der Waals surface area contributed by atoms with Crippen LogP contribution in [0.3, 0.4) is 0 Å². The Bertz CT molecular complexity index is 571. The fraction of sp³-hybridized carbons (Fsp3) is 0.579. The van der Waals surface area contributed by atoms with Crippen molar-refractivity contribution in [2.24, 2.45) is 5.92 Å². The largest absolute Gasteiger partial charge is 0.494 e. The molecule has 2 rings (SSSR count). The average molecular weight is 383 g/mol. The van der Waals surface area contributed by atoms with Crippen LogP contribution in [0.25, 0.3) is 0 Å². The second-order valence-electron chi connectivity index (χ2n) is 6.55. The smallest absolute Gasteiger partial charge is 0.317 e. The maximum atomic E-state index is 12.0. The van der Waals surface area contributed by atoms with Crippen LogP contribution in [0.15, 0.2) is 24.3 Å². The highest BCUT2D eigenvalue weighted by Gasteiger charge is 2.26. The van der Waals surface area contributed by atoms with Crippen molar-refractivity contribution in [3.63, 3.8) is 0 Å². The molecule has 0 aromatic heterocycles. The summed E-state index contributed by atoms with van der Waals surface area (Å²) in [6.45, 7) is 2.36. The molecular weight excluding hydrogens is 356 g/mol. The third kappa shape index (κ3) is 7.12. The van der Waals surface area contributed by atoms with Crippen LogP contribution in [0, 0.1) is 5.92 Å². The number of unbranched alkanes of at least 4 members (excludes halogenated alkanes) is 3. The molecule has 0 radical (unpaired) electrons. The maximum absolute atomic E-state index is 12.0. The molecule has 144 valence electrons. The molecule has 2 N–H and O–H groups in total. The van der Waals surface area contributed by atoms with E-state index in [2.05, 4.69) is 5.32 Å². The van der Waals surface area contributed by atoms with Crippen molar-refractivity contribution in [3.8, 4) is 5.75 Å². The number of nitrogens with one attached hydrogen (secondary N) is 1. The number of hydrogen-bond acceptors (Lipinski definition) is 3. The van der Waals surface area contributed by atoms with Gasteiger partial charge < -0.3 is 20.1 Å². The van der Waals surface area contributed by atoms with Crippen LogP contribution in [0.5, 0.6) is 5.75 Å². The van der Waals surface area contributed by atoms with Gasteiger partial charge in [-0.2, -0.15) is 0 Å². The number of carboxylic acid groups (broad SMARTS) is 1. The van der Waals surface area contributed by atoms with Crippen molar-refractivity contribution in [2.75, 3.05) is 26.2 Å². The number of nitrogens with zero attached hydrogens (tertiary/aromatic N) is 1. The van der Waals surface area contributed by atoms with Crippen LogP contribution in [0.2, 0.25) is 5.02 Å². The predicted octanol–water partition coefficient (Wildman–Crippen LogP) is 3.79. The normalized spacial score (nSPS) is 14.9. The number of amides is 2. The van der Waals surface area contributed by atoms with Crippen molar-refractivity contribution < 1.29 is 19.4 Å². The number of piperidine rings is 1. The molecule has 0 unspecified atom stereocenters. The van der Waals surface area contributed by atoms with Crippen molar-refractivity contribution >= 4 is 23.6 Å². The molecule has 1 aliphatic heterocycles. The number of carboxylic acids is 1. The molecule has 6 nitrogen and oxygen atoms in total. The molecular formula is C19H27ClN2O4. The molecule has 1 aliphatic rings. The van der Waals surface area contributed by atoms with Gasteiger partial charge in [0.1, 0.15) is 5.75 Å². The Balaban J connectivity index is 1.46. The predicted molar refractivity (Wildman–Crippen MR) is 101 cm³/mol. The first-order chi connectivity index (χ1) is 12.6. The first-order valence-electron chi connectivity index (χ1n) is 9.20. The van der Waals surface area contributed by atoms with Gasteiger partial charge in [0.15, 0.2) is 0 Å². The molecule has 0 saturated carbocycles. The second kappa shape index (κ2) is 10.9. The third-order valence-corrected chi connectivity index (χ3v) is 4.81. The highest BCUT2D eigenvalue weighted by Crippen LogP contribution is 2.17. The number of aliphatic carboxylic acids is 1. The van der Waals surface area contributed by atoms with E-state index < -0.39 is 5.97 Å². The molecule has 1 aromatic rings. The first-order valence-corrected chi connectivity index (χ1v) is 9.58. The molecule has 0 spiro atoms. The molecule has 1 fully saturated rings. The highest BCUT2D eigenvalue weighted by atomic mass is 35.5. The number of rotatable bonds is 9. The minimum absolute atomic E-state index is 0.0834. The summed E-state index contributed by atoms with van der Waals surface area (Å²) in [6, 6.07) is 7.25. The fourth-order valence-corrected chi connectivity index (χ4v) is 3.06. The Morgan fingerprint density at radius 3 is 2.42 bits per heavy atom. The van der Waals surface area contributed by atoms with Gasteiger partial charge in [-0.25, -0.2) is 4.79 Å². The summed E-state index contributed by atoms with van der Waals surface area (Å²) >= 11 is 5.82. The zero-order chi connectivity index (χ0) is 18.8. The fourth-order valence-electron chi connectivity index (χ4n) is 2.94. The number of likely N-dealkylation sites (tertiary alicyclic amines) is 1. The van der Waals surface area contributed by atoms with Crippen LogP contribution >= 0.6 is 11.6 Å². The Morgan fingerprint density at radius 1 is 1.12 bits per heavy atom. The van der Waals surface area contributed by atoms with Gasteiger partial charge in [-0.3, -0.25) is 4.79 Å². The zero-order valence-corrected chi connectivity index (χ0v) is 15.7. The Labute approximate surface area is 159 Å². The lowest BCUT2D eigenvalue weighted by Crippen LogP contribution is -2.45. The van der Waals surface area contributed by atoms with Crippen LogP contribution in [0.1, 0.15) is 38.5 Å². The Hall–Kier alpha value is -1.95. The number of hydrogen-bond donors (Lipinski definition) is 2. The molecule has 1 aromatic carbocycles. The van der Waals surface area contributed by atoms with Crippen LogP contribution < -0.4 is 10.1 Å². The van der Waals surface area contributed by atoms with Gasteiger partial charge in [0.05, 0.1) is 12.5 Å². The van der Waals surface area contributed by atoms with Crippen LogP contribution in [-0.4, -0.2) is 48.2 Å². The van der Waals surface area contributed by atoms with Crippen molar-refractivity contribution in [2.45, 2.75) is 38.5 Å². The van der Waals surface area contributed by atoms with Gasteiger partial charge >= 0.3 is 12.0 Å². The van der Waals surface area contributed by atoms with Gasteiger partial charge in [-0.1, -0.05) is 24.4 Å². The summed E-state index contributed by atoms with van der Waals surface area (Å²) in [5, 5.41) is 12.6. The van der Waals surface area contributed by atoms with E-state index in [0.29, 0.717) is 44.1 Å². The van der Waals surface area contributed by atoms with Crippen molar-refractivity contribution in [3.05, 3.63) is 29.3 Å². The topological polar surface area (TPSA) is 78.9 Å². The number of halogens is 1. The van der Waals surface area contributed by atoms with E-state index in [4.69, 9.17) is 21.4 Å². The number of carbonyl (C=O) groups is 2. The van der Waals surface area contributed by atoms with E-state index >= 15 is 0 Å². The van der Waals surface area contributed by atoms with E-state index in [1.54, 1.807) is 4.90 Å². The van der Waals surface area contributed by atoms with E-state index in [1.165, 1.54) is 0 Å². The Morgan fingerprint density at radius 2 is 1.77 bits per heavy atom. The number of carbonyl (C=O) groups excluding carboxylic acids is 1. The highest BCUT2D eigenvalue weighted by molar-refractivity contribution is 6.30. The Kier molecular flexibility index (Phi) is 8.54. The summed E-state index contributed by atoms with van der Waals surface area (Å²) in [4.78, 5) is 24.6. The lowest BCUT2D eigenvalue weighted by Gasteiger charge is -2.30. The van der Waals surface area contributed by atoms with Gasteiger partial charge in [-0.15, -0.1) is 0 Å². The number of urea groups is 1. The first kappa shape index (κ1) is 20.4. The molecule has 2 amide bonds. The summed E-state index contributed by atoms with van der Waals surface area (Å²) < 4.78 is 5.63. The monoisotopic (exact) mass is 382 g/mol. The third-order valence-electron chi connectivity index (χ3n) is 4.56. The maximum Gasteiger partial charge on any atom is 0.317 e. The summed E-state index contributed by atoms with van der Waals surface area (Å²) in [5.74, 6) is -0.243. The van der Waals surface area contributed by atoms with Crippen LogP contribution in [-0.2, 0) is 4.79 Å². The van der Waals surface area contributed by atoms with Gasteiger partial charge in [0.2, 0.25) is 0 Å². The molecule has 7 heteroatoms. The lowest BCUT2D eigenvalue weighted by atomic mass is 9.97. The number of ether oxygens (including phenoxy) is 1. The van der Waals surface area contributed by atoms with Gasteiger partial charge in [-0.05, 0) is 49.9 Å². The van der Waals surface area contributed by atoms with Gasteiger partial charge in [0, 0.05) is 24.7 Å². The minimum Gasteiger partial charge on any atom is -0.494 e. The van der Waals surface area contributed by atoms with Gasteiger partial charge in [0.25, 0.3) is 0 Å². The SMILES string of the molecule is O=C(O)C1CCN(C(=O)NCCCCCCOc2ccc(Cl)cc2)CC1. The summed E-state index contributed by atoms with van der Waals surface area (Å²) in [7, 11) is 0. The molecule has 26 heavy (non-hydrogen) atoms. The molecule has 0 bridgehead atoms. The van der Waals surface area contributed by atoms with Crippen molar-refractivity contribution in [1.82, 2.24) is 10.2 Å². The van der Waals surface area contributed by atoms with E-state index in [0.717, 1.165) is 31.4 Å². The molecule has 0 aliphatic carbocycles. The molecule has 1 heterocycles. The van der Waals surface area contributed by atoms with E-state index in [1.807, 2.05) is 24.3 Å².